The second kappa shape index (κ2) is 11.5. The van der Waals surface area contributed by atoms with Crippen LogP contribution in [-0.4, -0.2) is 52.4 Å². The summed E-state index contributed by atoms with van der Waals surface area (Å²) in [6.07, 6.45) is -0.390. The number of carbonyl (C=O) groups excluding carboxylic acids is 2. The Bertz CT molecular complexity index is 1000. The summed E-state index contributed by atoms with van der Waals surface area (Å²) in [5, 5.41) is 5.69. The van der Waals surface area contributed by atoms with Gasteiger partial charge in [-0.2, -0.15) is 0 Å². The summed E-state index contributed by atoms with van der Waals surface area (Å²) >= 11 is -0.719. The van der Waals surface area contributed by atoms with E-state index in [2.05, 4.69) is 10.6 Å². The molecule has 0 spiro atoms. The maximum atomic E-state index is 12.8. The Labute approximate surface area is 195 Å². The molecular weight excluding hydrogens is 495 g/mol. The summed E-state index contributed by atoms with van der Waals surface area (Å²) in [4.78, 5) is 25.3. The number of benzene rings is 2. The average Bonchev–Trinajstić information content (AvgIpc) is 2.70. The monoisotopic (exact) mass is 526 g/mol. The molecule has 0 aromatic heterocycles. The van der Waals surface area contributed by atoms with Crippen LogP contribution in [0.3, 0.4) is 0 Å². The minimum absolute atomic E-state index is 0.200. The molecule has 2 rings (SSSR count). The third-order valence-corrected chi connectivity index (χ3v) is 10.2. The van der Waals surface area contributed by atoms with Gasteiger partial charge in [0.1, 0.15) is 0 Å². The van der Waals surface area contributed by atoms with Gasteiger partial charge in [-0.15, -0.1) is 0 Å². The fraction of sp³-hybridized carbons (Fsp3) is 0.391. The van der Waals surface area contributed by atoms with Gasteiger partial charge in [-0.05, 0) is 0 Å². The van der Waals surface area contributed by atoms with Crippen molar-refractivity contribution in [3.63, 3.8) is 0 Å². The third-order valence-electron chi connectivity index (χ3n) is 4.24. The summed E-state index contributed by atoms with van der Waals surface area (Å²) in [5.41, 5.74) is 1.19. The number of alkyl carbamates (subject to hydrolysis) is 1. The van der Waals surface area contributed by atoms with Crippen molar-refractivity contribution >= 4 is 34.1 Å². The molecule has 0 bridgehead atoms. The molecule has 2 amide bonds. The first-order valence-corrected chi connectivity index (χ1v) is 15.0. The zero-order valence-electron chi connectivity index (χ0n) is 18.8. The first kappa shape index (κ1) is 25.9. The molecule has 174 valence electrons. The Balaban J connectivity index is 1.94. The van der Waals surface area contributed by atoms with Crippen LogP contribution in [0, 0.1) is 6.92 Å². The molecule has 0 aliphatic rings. The number of hydrogen-bond donors (Lipinski definition) is 2. The van der Waals surface area contributed by atoms with E-state index < -0.39 is 39.8 Å². The Kier molecular flexibility index (Phi) is 9.31. The van der Waals surface area contributed by atoms with Crippen LogP contribution in [-0.2, 0) is 24.2 Å². The molecule has 0 saturated carbocycles. The summed E-state index contributed by atoms with van der Waals surface area (Å²) in [7, 11) is -3.36. The summed E-state index contributed by atoms with van der Waals surface area (Å²) < 4.78 is 30.2. The standard InChI is InChI=1S/C23H30N2O5SSe/c1-17-10-12-19(13-11-17)31(28,29)32-15-14-24-21(26)20(16-18-8-6-5-7-9-18)25-22(27)30-23(2,3)4/h5-13,20H,14-16H2,1-4H3,(H,24,26)(H,25,27)/t20-/m0/s1. The molecular formula is C23H30N2O5SSe. The van der Waals surface area contributed by atoms with Gasteiger partial charge in [0.25, 0.3) is 0 Å². The maximum absolute atomic E-state index is 12.8. The number of amides is 2. The Hall–Kier alpha value is -2.35. The Morgan fingerprint density at radius 3 is 2.25 bits per heavy atom. The van der Waals surface area contributed by atoms with E-state index in [4.69, 9.17) is 4.74 Å². The van der Waals surface area contributed by atoms with Crippen LogP contribution < -0.4 is 10.6 Å². The fourth-order valence-corrected chi connectivity index (χ4v) is 7.31. The first-order chi connectivity index (χ1) is 15.0. The van der Waals surface area contributed by atoms with Gasteiger partial charge >= 0.3 is 196 Å². The van der Waals surface area contributed by atoms with E-state index in [9.17, 15) is 18.0 Å². The van der Waals surface area contributed by atoms with E-state index in [1.807, 2.05) is 37.3 Å². The summed E-state index contributed by atoms with van der Waals surface area (Å²) in [5.74, 6) is -0.386. The molecule has 9 heteroatoms. The van der Waals surface area contributed by atoms with Crippen LogP contribution in [0.15, 0.2) is 59.5 Å². The Morgan fingerprint density at radius 2 is 1.66 bits per heavy atom. The number of hydrogen-bond acceptors (Lipinski definition) is 5. The molecule has 0 radical (unpaired) electrons. The van der Waals surface area contributed by atoms with Crippen LogP contribution in [0.4, 0.5) is 4.79 Å². The molecule has 0 aliphatic heterocycles. The van der Waals surface area contributed by atoms with E-state index in [0.717, 1.165) is 11.1 Å². The summed E-state index contributed by atoms with van der Waals surface area (Å²) in [6, 6.07) is 15.2. The number of carbonyl (C=O) groups is 2. The number of ether oxygens (including phenoxy) is 1. The molecule has 0 fully saturated rings. The van der Waals surface area contributed by atoms with Crippen molar-refractivity contribution in [2.24, 2.45) is 0 Å². The average molecular weight is 526 g/mol. The first-order valence-electron chi connectivity index (χ1n) is 10.2. The van der Waals surface area contributed by atoms with Gasteiger partial charge in [-0.1, -0.05) is 0 Å². The van der Waals surface area contributed by atoms with Crippen molar-refractivity contribution in [3.8, 4) is 0 Å². The third kappa shape index (κ3) is 9.02. The van der Waals surface area contributed by atoms with Gasteiger partial charge in [0.15, 0.2) is 0 Å². The van der Waals surface area contributed by atoms with Gasteiger partial charge in [-0.25, -0.2) is 0 Å². The van der Waals surface area contributed by atoms with E-state index in [1.165, 1.54) is 0 Å². The number of rotatable bonds is 9. The second-order valence-electron chi connectivity index (χ2n) is 8.27. The van der Waals surface area contributed by atoms with E-state index in [0.29, 0.717) is 16.6 Å². The fourth-order valence-electron chi connectivity index (χ4n) is 2.73. The van der Waals surface area contributed by atoms with Crippen LogP contribution in [0.5, 0.6) is 0 Å². The molecule has 32 heavy (non-hydrogen) atoms. The van der Waals surface area contributed by atoms with E-state index >= 15 is 0 Å². The zero-order chi connectivity index (χ0) is 23.8. The summed E-state index contributed by atoms with van der Waals surface area (Å²) in [6.45, 7) is 7.33. The van der Waals surface area contributed by atoms with Crippen LogP contribution >= 0.6 is 0 Å². The van der Waals surface area contributed by atoms with E-state index in [1.54, 1.807) is 45.0 Å². The predicted molar refractivity (Wildman–Crippen MR) is 125 cm³/mol. The zero-order valence-corrected chi connectivity index (χ0v) is 21.3. The molecule has 0 aliphatic carbocycles. The second-order valence-corrected chi connectivity index (χ2v) is 15.0. The molecule has 0 heterocycles. The predicted octanol–water partition coefficient (Wildman–Crippen LogP) is 3.06. The van der Waals surface area contributed by atoms with Crippen molar-refractivity contribution in [1.82, 2.24) is 10.6 Å². The van der Waals surface area contributed by atoms with Gasteiger partial charge < -0.3 is 0 Å². The number of nitrogens with one attached hydrogen (secondary N) is 2. The van der Waals surface area contributed by atoms with E-state index in [-0.39, 0.29) is 12.5 Å². The van der Waals surface area contributed by atoms with Crippen molar-refractivity contribution in [2.45, 2.75) is 56.0 Å². The van der Waals surface area contributed by atoms with Crippen LogP contribution in [0.2, 0.25) is 5.32 Å². The molecule has 2 aromatic carbocycles. The van der Waals surface area contributed by atoms with Gasteiger partial charge in [-0.3, -0.25) is 0 Å². The van der Waals surface area contributed by atoms with Crippen molar-refractivity contribution < 1.29 is 22.7 Å². The molecule has 2 aromatic rings. The molecule has 1 atom stereocenters. The molecule has 0 unspecified atom stereocenters. The van der Waals surface area contributed by atoms with Gasteiger partial charge in [0, 0.05) is 0 Å². The minimum atomic E-state index is -3.36. The SMILES string of the molecule is Cc1ccc(S(=O)(=O)[Se]CCNC(=O)[C@H](Cc2ccccc2)NC(=O)OC(C)(C)C)cc1. The van der Waals surface area contributed by atoms with Gasteiger partial charge in [0.2, 0.25) is 0 Å². The molecule has 7 nitrogen and oxygen atoms in total. The molecule has 0 saturated heterocycles. The topological polar surface area (TPSA) is 102 Å². The van der Waals surface area contributed by atoms with Crippen LogP contribution in [0.25, 0.3) is 0 Å². The number of aryl methyl sites for hydroxylation is 1. The van der Waals surface area contributed by atoms with Gasteiger partial charge in [0.05, 0.1) is 0 Å². The van der Waals surface area contributed by atoms with Crippen molar-refractivity contribution in [1.29, 1.82) is 0 Å². The molecule has 2 N–H and O–H groups in total. The van der Waals surface area contributed by atoms with Crippen LogP contribution in [0.1, 0.15) is 31.9 Å². The van der Waals surface area contributed by atoms with Crippen molar-refractivity contribution in [3.05, 3.63) is 65.7 Å². The Morgan fingerprint density at radius 1 is 1.03 bits per heavy atom. The quantitative estimate of drug-likeness (QED) is 0.387. The normalized spacial score (nSPS) is 12.6. The van der Waals surface area contributed by atoms with Crippen molar-refractivity contribution in [2.75, 3.05) is 6.54 Å².